The van der Waals surface area contributed by atoms with Gasteiger partial charge in [0.05, 0.1) is 23.2 Å². The van der Waals surface area contributed by atoms with E-state index in [1.54, 1.807) is 0 Å². The fourth-order valence-electron chi connectivity index (χ4n) is 2.81. The van der Waals surface area contributed by atoms with Crippen molar-refractivity contribution in [3.05, 3.63) is 17.0 Å². The van der Waals surface area contributed by atoms with Crippen LogP contribution in [0.15, 0.2) is 0 Å². The van der Waals surface area contributed by atoms with Crippen molar-refractivity contribution in [2.75, 3.05) is 18.1 Å². The summed E-state index contributed by atoms with van der Waals surface area (Å²) in [4.78, 5) is 0. The van der Waals surface area contributed by atoms with Crippen LogP contribution in [0.1, 0.15) is 42.3 Å². The Labute approximate surface area is 127 Å². The zero-order valence-corrected chi connectivity index (χ0v) is 13.5. The molecule has 0 amide bonds. The van der Waals surface area contributed by atoms with Crippen molar-refractivity contribution >= 4 is 9.84 Å². The molecule has 1 fully saturated rings. The summed E-state index contributed by atoms with van der Waals surface area (Å²) in [6, 6.07) is -0.0103. The second kappa shape index (κ2) is 6.63. The van der Waals surface area contributed by atoms with Gasteiger partial charge in [0.2, 0.25) is 0 Å². The summed E-state index contributed by atoms with van der Waals surface area (Å²) in [5.74, 6) is 3.11. The van der Waals surface area contributed by atoms with Crippen molar-refractivity contribution in [2.45, 2.75) is 45.7 Å². The van der Waals surface area contributed by atoms with E-state index in [2.05, 4.69) is 16.3 Å². The maximum absolute atomic E-state index is 11.6. The van der Waals surface area contributed by atoms with Crippen molar-refractivity contribution in [3.8, 4) is 12.3 Å². The first kappa shape index (κ1) is 16.1. The molecule has 0 aromatic carbocycles. The third-order valence-corrected chi connectivity index (χ3v) is 5.76. The maximum Gasteiger partial charge on any atom is 0.152 e. The monoisotopic (exact) mass is 309 g/mol. The highest BCUT2D eigenvalue weighted by atomic mass is 32.2. The van der Waals surface area contributed by atoms with Crippen molar-refractivity contribution in [1.29, 1.82) is 0 Å². The van der Waals surface area contributed by atoms with E-state index >= 15 is 0 Å². The molecule has 0 spiro atoms. The van der Waals surface area contributed by atoms with Crippen LogP contribution in [0.3, 0.4) is 0 Å². The van der Waals surface area contributed by atoms with Crippen molar-refractivity contribution in [2.24, 2.45) is 0 Å². The Morgan fingerprint density at radius 1 is 1.48 bits per heavy atom. The Bertz CT molecular complexity index is 641. The van der Waals surface area contributed by atoms with Gasteiger partial charge in [-0.25, -0.2) is 8.42 Å². The van der Waals surface area contributed by atoms with Crippen LogP contribution >= 0.6 is 0 Å². The van der Waals surface area contributed by atoms with Crippen LogP contribution in [0.5, 0.6) is 0 Å². The minimum absolute atomic E-state index is 0.0103. The summed E-state index contributed by atoms with van der Waals surface area (Å²) < 4.78 is 25.1. The van der Waals surface area contributed by atoms with Crippen LogP contribution in [0.25, 0.3) is 0 Å². The van der Waals surface area contributed by atoms with Gasteiger partial charge in [0.15, 0.2) is 9.84 Å². The highest BCUT2D eigenvalue weighted by Crippen LogP contribution is 2.26. The minimum atomic E-state index is -2.89. The number of unbranched alkanes of at least 4 members (excludes halogenated alkanes) is 1. The molecule has 1 aromatic heterocycles. The maximum atomic E-state index is 11.6. The second-order valence-electron chi connectivity index (χ2n) is 5.64. The lowest BCUT2D eigenvalue weighted by Gasteiger charge is -2.11. The molecular weight excluding hydrogens is 286 g/mol. The average Bonchev–Trinajstić information content (AvgIpc) is 2.91. The van der Waals surface area contributed by atoms with E-state index in [-0.39, 0.29) is 17.5 Å². The molecule has 0 saturated carbocycles. The molecular formula is C15H23N3O2S. The van der Waals surface area contributed by atoms with Crippen LogP contribution in [0.2, 0.25) is 0 Å². The minimum Gasteiger partial charge on any atom is -0.313 e. The zero-order chi connectivity index (χ0) is 15.5. The predicted octanol–water partition coefficient (Wildman–Crippen LogP) is 1.36. The number of aryl methyl sites for hydroxylation is 1. The Hall–Kier alpha value is -1.32. The number of terminal acetylenes is 1. The number of nitrogens with one attached hydrogen (secondary N) is 1. The fraction of sp³-hybridized carbons (Fsp3) is 0.667. The smallest absolute Gasteiger partial charge is 0.152 e. The molecule has 1 aliphatic heterocycles. The van der Waals surface area contributed by atoms with E-state index < -0.39 is 9.84 Å². The van der Waals surface area contributed by atoms with Crippen LogP contribution in [0.4, 0.5) is 0 Å². The predicted molar refractivity (Wildman–Crippen MR) is 83.8 cm³/mol. The molecule has 1 aromatic rings. The molecule has 0 aliphatic carbocycles. The quantitative estimate of drug-likeness (QED) is 0.636. The van der Waals surface area contributed by atoms with Gasteiger partial charge in [-0.2, -0.15) is 5.10 Å². The summed E-state index contributed by atoms with van der Waals surface area (Å²) in [5, 5.41) is 7.92. The van der Waals surface area contributed by atoms with Crippen LogP contribution in [-0.2, 0) is 16.4 Å². The van der Waals surface area contributed by atoms with Gasteiger partial charge in [-0.15, -0.1) is 12.3 Å². The molecule has 0 bridgehead atoms. The Kier molecular flexibility index (Phi) is 5.07. The van der Waals surface area contributed by atoms with Crippen molar-refractivity contribution < 1.29 is 8.42 Å². The molecule has 1 saturated heterocycles. The van der Waals surface area contributed by atoms with Crippen molar-refractivity contribution in [1.82, 2.24) is 15.1 Å². The fourth-order valence-corrected chi connectivity index (χ4v) is 4.50. The third-order valence-electron chi connectivity index (χ3n) is 4.01. The summed E-state index contributed by atoms with van der Waals surface area (Å²) in [5.41, 5.74) is 3.21. The van der Waals surface area contributed by atoms with E-state index in [1.165, 1.54) is 5.56 Å². The molecule has 2 rings (SSSR count). The lowest BCUT2D eigenvalue weighted by Crippen LogP contribution is -2.17. The summed E-state index contributed by atoms with van der Waals surface area (Å²) in [7, 11) is -2.89. The molecule has 5 nitrogen and oxygen atoms in total. The lowest BCUT2D eigenvalue weighted by molar-refractivity contribution is 0.485. The number of hydrogen-bond donors (Lipinski definition) is 1. The van der Waals surface area contributed by atoms with E-state index in [0.29, 0.717) is 6.42 Å². The van der Waals surface area contributed by atoms with Gasteiger partial charge < -0.3 is 5.32 Å². The number of hydrogen-bond acceptors (Lipinski definition) is 4. The zero-order valence-electron chi connectivity index (χ0n) is 12.7. The molecule has 116 valence electrons. The Morgan fingerprint density at radius 3 is 2.86 bits per heavy atom. The van der Waals surface area contributed by atoms with Crippen LogP contribution in [-0.4, -0.2) is 36.2 Å². The van der Waals surface area contributed by atoms with Gasteiger partial charge >= 0.3 is 0 Å². The van der Waals surface area contributed by atoms with E-state index in [1.807, 2.05) is 18.5 Å². The van der Waals surface area contributed by atoms with E-state index in [9.17, 15) is 8.42 Å². The van der Waals surface area contributed by atoms with Gasteiger partial charge in [0.25, 0.3) is 0 Å². The molecule has 1 N–H and O–H groups in total. The molecule has 6 heteroatoms. The molecule has 21 heavy (non-hydrogen) atoms. The highest BCUT2D eigenvalue weighted by Gasteiger charge is 2.31. The standard InChI is InChI=1S/C15H23N3O2S/c1-4-5-6-8-16-10-15-12(2)17-18(13(15)3)14-7-9-21(19,20)11-14/h1,14,16H,5-11H2,2-3H3. The van der Waals surface area contributed by atoms with Crippen LogP contribution in [0, 0.1) is 26.2 Å². The van der Waals surface area contributed by atoms with E-state index in [0.717, 1.165) is 37.3 Å². The number of nitrogens with zero attached hydrogens (tertiary/aromatic N) is 2. The highest BCUT2D eigenvalue weighted by molar-refractivity contribution is 7.91. The van der Waals surface area contributed by atoms with Crippen molar-refractivity contribution in [3.63, 3.8) is 0 Å². The lowest BCUT2D eigenvalue weighted by atomic mass is 10.2. The summed E-state index contributed by atoms with van der Waals surface area (Å²) in [6.07, 6.45) is 7.63. The number of rotatable bonds is 6. The van der Waals surface area contributed by atoms with Crippen LogP contribution < -0.4 is 5.32 Å². The molecule has 1 aliphatic rings. The first-order valence-corrected chi connectivity index (χ1v) is 9.16. The Morgan fingerprint density at radius 2 is 2.24 bits per heavy atom. The summed E-state index contributed by atoms with van der Waals surface area (Å²) >= 11 is 0. The van der Waals surface area contributed by atoms with Gasteiger partial charge in [0, 0.05) is 24.2 Å². The van der Waals surface area contributed by atoms with Gasteiger partial charge in [-0.1, -0.05) is 0 Å². The first-order valence-electron chi connectivity index (χ1n) is 7.34. The third kappa shape index (κ3) is 3.86. The van der Waals surface area contributed by atoms with Gasteiger partial charge in [-0.05, 0) is 33.2 Å². The summed E-state index contributed by atoms with van der Waals surface area (Å²) in [6.45, 7) is 5.63. The van der Waals surface area contributed by atoms with Gasteiger partial charge in [-0.3, -0.25) is 4.68 Å². The molecule has 2 heterocycles. The normalized spacial score (nSPS) is 20.5. The topological polar surface area (TPSA) is 64.0 Å². The SMILES string of the molecule is C#CCCCNCc1c(C)nn(C2CCS(=O)(=O)C2)c1C. The van der Waals surface area contributed by atoms with Gasteiger partial charge in [0.1, 0.15) is 0 Å². The number of sulfone groups is 1. The van der Waals surface area contributed by atoms with E-state index in [4.69, 9.17) is 6.42 Å². The second-order valence-corrected chi connectivity index (χ2v) is 7.86. The largest absolute Gasteiger partial charge is 0.313 e. The molecule has 1 unspecified atom stereocenters. The molecule has 1 atom stereocenters. The molecule has 0 radical (unpaired) electrons. The average molecular weight is 309 g/mol. The first-order chi connectivity index (χ1) is 9.94. The number of aromatic nitrogens is 2. The Balaban J connectivity index is 2.03.